The minimum atomic E-state index is -0.338. The minimum absolute atomic E-state index is 0.0136. The van der Waals surface area contributed by atoms with Gasteiger partial charge in [-0.15, -0.1) is 11.3 Å². The second-order valence-electron chi connectivity index (χ2n) is 5.18. The first-order chi connectivity index (χ1) is 10.6. The first-order valence-corrected chi connectivity index (χ1v) is 7.82. The van der Waals surface area contributed by atoms with Crippen molar-refractivity contribution in [2.75, 3.05) is 0 Å². The predicted molar refractivity (Wildman–Crippen MR) is 86.2 cm³/mol. The van der Waals surface area contributed by atoms with E-state index in [1.807, 2.05) is 35.2 Å². The monoisotopic (exact) mass is 316 g/mol. The zero-order chi connectivity index (χ0) is 15.7. The van der Waals surface area contributed by atoms with Crippen LogP contribution in [-0.4, -0.2) is 14.3 Å². The molecule has 0 spiro atoms. The van der Waals surface area contributed by atoms with Crippen molar-refractivity contribution in [3.05, 3.63) is 62.9 Å². The van der Waals surface area contributed by atoms with Gasteiger partial charge in [0.25, 0.3) is 5.69 Å². The zero-order valence-electron chi connectivity index (χ0n) is 12.3. The molecule has 0 radical (unpaired) electrons. The number of hydrogen-bond acceptors (Lipinski definition) is 5. The van der Waals surface area contributed by atoms with Crippen molar-refractivity contribution in [3.63, 3.8) is 0 Å². The summed E-state index contributed by atoms with van der Waals surface area (Å²) in [5, 5.41) is 16.4. The molecule has 0 fully saturated rings. The Morgan fingerprint density at radius 2 is 2.32 bits per heavy atom. The Hall–Kier alpha value is -2.25. The lowest BCUT2D eigenvalue weighted by Gasteiger charge is -2.15. The molecule has 0 saturated heterocycles. The molecule has 0 aliphatic heterocycles. The molecule has 0 amide bonds. The summed E-state index contributed by atoms with van der Waals surface area (Å²) in [4.78, 5) is 16.2. The van der Waals surface area contributed by atoms with Crippen molar-refractivity contribution in [1.29, 1.82) is 0 Å². The molecule has 6 nitrogen and oxygen atoms in total. The largest absolute Gasteiger partial charge is 0.304 e. The van der Waals surface area contributed by atoms with Gasteiger partial charge in [0, 0.05) is 42.0 Å². The van der Waals surface area contributed by atoms with Crippen molar-refractivity contribution in [3.8, 4) is 0 Å². The van der Waals surface area contributed by atoms with Crippen LogP contribution in [-0.2, 0) is 6.54 Å². The molecular formula is C15H16N4O2S. The molecule has 2 heterocycles. The lowest BCUT2D eigenvalue weighted by molar-refractivity contribution is -0.385. The SMILES string of the molecule is Cc1c(C(C)NCc2cn3ccsc3n2)cccc1[N+](=O)[O-]. The Morgan fingerprint density at radius 3 is 3.05 bits per heavy atom. The van der Waals surface area contributed by atoms with Crippen molar-refractivity contribution in [2.24, 2.45) is 0 Å². The van der Waals surface area contributed by atoms with E-state index in [0.29, 0.717) is 12.1 Å². The Labute approximate surface area is 131 Å². The summed E-state index contributed by atoms with van der Waals surface area (Å²) in [6.07, 6.45) is 3.97. The number of nitrogens with one attached hydrogen (secondary N) is 1. The number of thiazole rings is 1. The maximum absolute atomic E-state index is 11.0. The van der Waals surface area contributed by atoms with Gasteiger partial charge in [-0.1, -0.05) is 12.1 Å². The van der Waals surface area contributed by atoms with Crippen LogP contribution in [0.1, 0.15) is 29.8 Å². The van der Waals surface area contributed by atoms with Gasteiger partial charge in [0.2, 0.25) is 0 Å². The smallest absolute Gasteiger partial charge is 0.272 e. The van der Waals surface area contributed by atoms with E-state index in [-0.39, 0.29) is 16.7 Å². The number of nitrogens with zero attached hydrogens (tertiary/aromatic N) is 3. The summed E-state index contributed by atoms with van der Waals surface area (Å²) in [6, 6.07) is 5.20. The Kier molecular flexibility index (Phi) is 3.91. The average molecular weight is 316 g/mol. The van der Waals surface area contributed by atoms with Crippen LogP contribution >= 0.6 is 11.3 Å². The third-order valence-electron chi connectivity index (χ3n) is 3.74. The van der Waals surface area contributed by atoms with Crippen LogP contribution in [0.5, 0.6) is 0 Å². The van der Waals surface area contributed by atoms with Crippen molar-refractivity contribution >= 4 is 22.0 Å². The fourth-order valence-corrected chi connectivity index (χ4v) is 3.26. The van der Waals surface area contributed by atoms with Crippen molar-refractivity contribution < 1.29 is 4.92 Å². The van der Waals surface area contributed by atoms with Crippen LogP contribution in [0, 0.1) is 17.0 Å². The number of imidazole rings is 1. The number of nitro benzene ring substituents is 1. The summed E-state index contributed by atoms with van der Waals surface area (Å²) in [7, 11) is 0. The highest BCUT2D eigenvalue weighted by Gasteiger charge is 2.17. The summed E-state index contributed by atoms with van der Waals surface area (Å²) in [6.45, 7) is 4.42. The van der Waals surface area contributed by atoms with E-state index in [4.69, 9.17) is 0 Å². The molecule has 0 saturated carbocycles. The van der Waals surface area contributed by atoms with Gasteiger partial charge in [-0.05, 0) is 19.4 Å². The molecule has 1 unspecified atom stereocenters. The van der Waals surface area contributed by atoms with E-state index in [0.717, 1.165) is 16.2 Å². The topological polar surface area (TPSA) is 72.5 Å². The fraction of sp³-hybridized carbons (Fsp3) is 0.267. The molecule has 1 atom stereocenters. The van der Waals surface area contributed by atoms with Gasteiger partial charge in [0.05, 0.1) is 10.6 Å². The fourth-order valence-electron chi connectivity index (χ4n) is 2.54. The minimum Gasteiger partial charge on any atom is -0.304 e. The summed E-state index contributed by atoms with van der Waals surface area (Å²) in [5.74, 6) is 0. The second-order valence-corrected chi connectivity index (χ2v) is 6.05. The molecular weight excluding hydrogens is 300 g/mol. The van der Waals surface area contributed by atoms with Crippen molar-refractivity contribution in [2.45, 2.75) is 26.4 Å². The van der Waals surface area contributed by atoms with Gasteiger partial charge in [-0.3, -0.25) is 14.5 Å². The third-order valence-corrected chi connectivity index (χ3v) is 4.51. The highest BCUT2D eigenvalue weighted by Crippen LogP contribution is 2.26. The van der Waals surface area contributed by atoms with Crippen LogP contribution in [0.4, 0.5) is 5.69 Å². The van der Waals surface area contributed by atoms with Crippen LogP contribution in [0.15, 0.2) is 36.0 Å². The van der Waals surface area contributed by atoms with Gasteiger partial charge >= 0.3 is 0 Å². The molecule has 2 aromatic heterocycles. The molecule has 3 aromatic rings. The lowest BCUT2D eigenvalue weighted by atomic mass is 10.0. The highest BCUT2D eigenvalue weighted by atomic mass is 32.1. The summed E-state index contributed by atoms with van der Waals surface area (Å²) in [5.41, 5.74) is 2.77. The number of nitro groups is 1. The summed E-state index contributed by atoms with van der Waals surface area (Å²) >= 11 is 1.60. The van der Waals surface area contributed by atoms with E-state index in [1.54, 1.807) is 24.3 Å². The Bertz CT molecular complexity index is 795. The van der Waals surface area contributed by atoms with E-state index < -0.39 is 0 Å². The van der Waals surface area contributed by atoms with E-state index in [1.165, 1.54) is 6.07 Å². The molecule has 7 heteroatoms. The Morgan fingerprint density at radius 1 is 1.50 bits per heavy atom. The molecule has 0 aliphatic rings. The number of aromatic nitrogens is 2. The molecule has 1 N–H and O–H groups in total. The molecule has 0 bridgehead atoms. The number of benzene rings is 1. The average Bonchev–Trinajstić information content (AvgIpc) is 3.05. The second kappa shape index (κ2) is 5.86. The predicted octanol–water partition coefficient (Wildman–Crippen LogP) is 3.46. The molecule has 1 aromatic carbocycles. The van der Waals surface area contributed by atoms with Crippen LogP contribution in [0.2, 0.25) is 0 Å². The first-order valence-electron chi connectivity index (χ1n) is 6.94. The lowest BCUT2D eigenvalue weighted by Crippen LogP contribution is -2.19. The maximum atomic E-state index is 11.0. The number of rotatable bonds is 5. The quantitative estimate of drug-likeness (QED) is 0.578. The van der Waals surface area contributed by atoms with Gasteiger partial charge < -0.3 is 5.32 Å². The van der Waals surface area contributed by atoms with Crippen LogP contribution < -0.4 is 5.32 Å². The highest BCUT2D eigenvalue weighted by molar-refractivity contribution is 7.15. The van der Waals surface area contributed by atoms with Gasteiger partial charge in [-0.25, -0.2) is 4.98 Å². The number of hydrogen-bond donors (Lipinski definition) is 1. The van der Waals surface area contributed by atoms with E-state index >= 15 is 0 Å². The maximum Gasteiger partial charge on any atom is 0.272 e. The number of fused-ring (bicyclic) bond motifs is 1. The van der Waals surface area contributed by atoms with Gasteiger partial charge in [0.1, 0.15) is 0 Å². The standard InChI is InChI=1S/C15H16N4O2S/c1-10-13(4-3-5-14(10)19(20)21)11(2)16-8-12-9-18-6-7-22-15(18)17-12/h3-7,9,11,16H,8H2,1-2H3. The van der Waals surface area contributed by atoms with Crippen molar-refractivity contribution in [1.82, 2.24) is 14.7 Å². The molecule has 3 rings (SSSR count). The van der Waals surface area contributed by atoms with Crippen LogP contribution in [0.25, 0.3) is 4.96 Å². The zero-order valence-corrected chi connectivity index (χ0v) is 13.1. The third kappa shape index (κ3) is 2.72. The van der Waals surface area contributed by atoms with E-state index in [9.17, 15) is 10.1 Å². The Balaban J connectivity index is 1.74. The molecule has 114 valence electrons. The normalized spacial score (nSPS) is 12.6. The van der Waals surface area contributed by atoms with E-state index in [2.05, 4.69) is 10.3 Å². The van der Waals surface area contributed by atoms with Gasteiger partial charge in [-0.2, -0.15) is 0 Å². The van der Waals surface area contributed by atoms with Gasteiger partial charge in [0.15, 0.2) is 4.96 Å². The molecule has 0 aliphatic carbocycles. The molecule has 22 heavy (non-hydrogen) atoms. The summed E-state index contributed by atoms with van der Waals surface area (Å²) < 4.78 is 1.99. The van der Waals surface area contributed by atoms with Crippen LogP contribution in [0.3, 0.4) is 0 Å². The first kappa shape index (κ1) is 14.7.